The minimum atomic E-state index is -5.42. The zero-order chi connectivity index (χ0) is 11.4. The molecule has 0 saturated heterocycles. The minimum Gasteiger partial charge on any atom is -0.263 e. The van der Waals surface area contributed by atoms with Gasteiger partial charge in [-0.05, 0) is 20.3 Å². The Labute approximate surface area is 80.7 Å². The molecule has 0 saturated carbocycles. The van der Waals surface area contributed by atoms with Gasteiger partial charge in [-0.15, -0.1) is 0 Å². The molecule has 0 heterocycles. The molecule has 0 amide bonds. The Kier molecular flexibility index (Phi) is 4.60. The third-order valence-corrected chi connectivity index (χ3v) is 2.24. The Hall–Kier alpha value is -0.560. The van der Waals surface area contributed by atoms with Crippen molar-refractivity contribution in [3.05, 3.63) is 11.6 Å². The summed E-state index contributed by atoms with van der Waals surface area (Å²) in [5, 5.41) is 0. The lowest BCUT2D eigenvalue weighted by molar-refractivity contribution is -0.0541. The van der Waals surface area contributed by atoms with E-state index in [-0.39, 0.29) is 6.42 Å². The number of halogens is 3. The van der Waals surface area contributed by atoms with Crippen molar-refractivity contribution in [3.63, 3.8) is 0 Å². The van der Waals surface area contributed by atoms with E-state index in [9.17, 15) is 21.6 Å². The SMILES string of the molecule is CC(C)=CCCOS(=O)(=O)C(F)(F)F. The monoisotopic (exact) mass is 232 g/mol. The molecule has 0 aromatic heterocycles. The fourth-order valence-electron chi connectivity index (χ4n) is 0.572. The second-order valence-electron chi connectivity index (χ2n) is 2.79. The summed E-state index contributed by atoms with van der Waals surface area (Å²) in [6.07, 6.45) is 1.73. The van der Waals surface area contributed by atoms with E-state index in [0.29, 0.717) is 0 Å². The summed E-state index contributed by atoms with van der Waals surface area (Å²) in [5.41, 5.74) is -4.45. The first-order chi connectivity index (χ1) is 6.17. The quantitative estimate of drug-likeness (QED) is 0.323. The van der Waals surface area contributed by atoms with Gasteiger partial charge in [-0.1, -0.05) is 11.6 Å². The maximum Gasteiger partial charge on any atom is 0.523 e. The summed E-state index contributed by atoms with van der Waals surface area (Å²) >= 11 is 0. The molecule has 0 atom stereocenters. The number of alkyl halides is 3. The molecule has 0 spiro atoms. The molecule has 0 aliphatic rings. The third-order valence-electron chi connectivity index (χ3n) is 1.19. The Balaban J connectivity index is 4.10. The molecule has 0 rings (SSSR count). The first-order valence-electron chi connectivity index (χ1n) is 3.76. The molecular weight excluding hydrogens is 221 g/mol. The number of allylic oxidation sites excluding steroid dienone is 1. The summed E-state index contributed by atoms with van der Waals surface area (Å²) < 4.78 is 59.5. The van der Waals surface area contributed by atoms with E-state index in [1.54, 1.807) is 19.9 Å². The largest absolute Gasteiger partial charge is 0.523 e. The number of hydrogen-bond acceptors (Lipinski definition) is 3. The van der Waals surface area contributed by atoms with Crippen LogP contribution in [0.2, 0.25) is 0 Å². The maximum atomic E-state index is 11.7. The van der Waals surface area contributed by atoms with Crippen LogP contribution >= 0.6 is 0 Å². The van der Waals surface area contributed by atoms with Gasteiger partial charge in [0.15, 0.2) is 0 Å². The van der Waals surface area contributed by atoms with Crippen molar-refractivity contribution < 1.29 is 25.8 Å². The van der Waals surface area contributed by atoms with Crippen LogP contribution < -0.4 is 0 Å². The van der Waals surface area contributed by atoms with E-state index in [1.165, 1.54) is 0 Å². The van der Waals surface area contributed by atoms with Crippen LogP contribution in [0.5, 0.6) is 0 Å². The van der Waals surface area contributed by atoms with E-state index >= 15 is 0 Å². The molecule has 0 aromatic carbocycles. The average molecular weight is 232 g/mol. The van der Waals surface area contributed by atoms with Gasteiger partial charge in [-0.3, -0.25) is 4.18 Å². The van der Waals surface area contributed by atoms with Gasteiger partial charge < -0.3 is 0 Å². The van der Waals surface area contributed by atoms with Crippen molar-refractivity contribution in [3.8, 4) is 0 Å². The summed E-state index contributed by atoms with van der Waals surface area (Å²) in [6, 6.07) is 0. The van der Waals surface area contributed by atoms with Crippen LogP contribution in [-0.4, -0.2) is 20.5 Å². The summed E-state index contributed by atoms with van der Waals surface area (Å²) in [4.78, 5) is 0. The summed E-state index contributed by atoms with van der Waals surface area (Å²) in [6.45, 7) is 3.00. The topological polar surface area (TPSA) is 43.4 Å². The molecule has 0 bridgehead atoms. The highest BCUT2D eigenvalue weighted by molar-refractivity contribution is 7.87. The Morgan fingerprint density at radius 3 is 2.21 bits per heavy atom. The summed E-state index contributed by atoms with van der Waals surface area (Å²) in [5.74, 6) is 0. The molecule has 7 heteroatoms. The van der Waals surface area contributed by atoms with Gasteiger partial charge in [0, 0.05) is 0 Å². The van der Waals surface area contributed by atoms with Crippen molar-refractivity contribution in [1.29, 1.82) is 0 Å². The average Bonchev–Trinajstić information content (AvgIpc) is 1.95. The smallest absolute Gasteiger partial charge is 0.263 e. The molecule has 0 aliphatic carbocycles. The van der Waals surface area contributed by atoms with Crippen LogP contribution in [0.25, 0.3) is 0 Å². The molecule has 0 radical (unpaired) electrons. The zero-order valence-corrected chi connectivity index (χ0v) is 8.57. The normalized spacial score (nSPS) is 12.6. The highest BCUT2D eigenvalue weighted by Gasteiger charge is 2.47. The van der Waals surface area contributed by atoms with Gasteiger partial charge in [0.25, 0.3) is 0 Å². The van der Waals surface area contributed by atoms with Crippen LogP contribution in [0.4, 0.5) is 13.2 Å². The Morgan fingerprint density at radius 2 is 1.86 bits per heavy atom. The first kappa shape index (κ1) is 13.4. The first-order valence-corrected chi connectivity index (χ1v) is 5.16. The van der Waals surface area contributed by atoms with E-state index < -0.39 is 22.2 Å². The molecule has 0 unspecified atom stereocenters. The highest BCUT2D eigenvalue weighted by atomic mass is 32.2. The van der Waals surface area contributed by atoms with Gasteiger partial charge in [-0.25, -0.2) is 0 Å². The maximum absolute atomic E-state index is 11.7. The fraction of sp³-hybridized carbons (Fsp3) is 0.714. The molecule has 14 heavy (non-hydrogen) atoms. The summed E-state index contributed by atoms with van der Waals surface area (Å²) in [7, 11) is -5.42. The van der Waals surface area contributed by atoms with Crippen LogP contribution in [0.1, 0.15) is 20.3 Å². The third kappa shape index (κ3) is 4.61. The van der Waals surface area contributed by atoms with E-state index in [4.69, 9.17) is 0 Å². The fourth-order valence-corrected chi connectivity index (χ4v) is 1.02. The van der Waals surface area contributed by atoms with Crippen LogP contribution in [-0.2, 0) is 14.3 Å². The minimum absolute atomic E-state index is 0.137. The molecule has 84 valence electrons. The molecular formula is C7H11F3O3S. The van der Waals surface area contributed by atoms with Crippen LogP contribution in [0.3, 0.4) is 0 Å². The second kappa shape index (κ2) is 4.79. The van der Waals surface area contributed by atoms with Gasteiger partial charge >= 0.3 is 15.6 Å². The van der Waals surface area contributed by atoms with Gasteiger partial charge in [-0.2, -0.15) is 21.6 Å². The lowest BCUT2D eigenvalue weighted by atomic mass is 10.3. The van der Waals surface area contributed by atoms with E-state index in [2.05, 4.69) is 4.18 Å². The molecule has 0 N–H and O–H groups in total. The number of hydrogen-bond donors (Lipinski definition) is 0. The molecule has 0 fully saturated rings. The molecule has 0 aromatic rings. The second-order valence-corrected chi connectivity index (χ2v) is 4.40. The lowest BCUT2D eigenvalue weighted by Gasteiger charge is -2.06. The van der Waals surface area contributed by atoms with Gasteiger partial charge in [0.05, 0.1) is 6.61 Å². The standard InChI is InChI=1S/C7H11F3O3S/c1-6(2)4-3-5-13-14(11,12)7(8,9)10/h4H,3,5H2,1-2H3. The van der Waals surface area contributed by atoms with Crippen molar-refractivity contribution >= 4 is 10.1 Å². The highest BCUT2D eigenvalue weighted by Crippen LogP contribution is 2.24. The predicted molar refractivity (Wildman–Crippen MR) is 45.0 cm³/mol. The van der Waals surface area contributed by atoms with E-state index in [1.807, 2.05) is 0 Å². The Bertz CT molecular complexity index is 299. The molecule has 3 nitrogen and oxygen atoms in total. The van der Waals surface area contributed by atoms with Crippen molar-refractivity contribution in [2.75, 3.05) is 6.61 Å². The zero-order valence-electron chi connectivity index (χ0n) is 7.76. The van der Waals surface area contributed by atoms with Crippen molar-refractivity contribution in [2.45, 2.75) is 25.8 Å². The number of rotatable bonds is 4. The van der Waals surface area contributed by atoms with E-state index in [0.717, 1.165) is 5.57 Å². The van der Waals surface area contributed by atoms with Crippen molar-refractivity contribution in [2.24, 2.45) is 0 Å². The Morgan fingerprint density at radius 1 is 1.36 bits per heavy atom. The van der Waals surface area contributed by atoms with Crippen molar-refractivity contribution in [1.82, 2.24) is 0 Å². The predicted octanol–water partition coefficient (Wildman–Crippen LogP) is 2.21. The van der Waals surface area contributed by atoms with Crippen LogP contribution in [0.15, 0.2) is 11.6 Å². The van der Waals surface area contributed by atoms with Crippen LogP contribution in [0, 0.1) is 0 Å². The lowest BCUT2D eigenvalue weighted by Crippen LogP contribution is -2.25. The molecule has 0 aliphatic heterocycles. The van der Waals surface area contributed by atoms with Gasteiger partial charge in [0.2, 0.25) is 0 Å². The van der Waals surface area contributed by atoms with Gasteiger partial charge in [0.1, 0.15) is 0 Å².